The van der Waals surface area contributed by atoms with Crippen molar-refractivity contribution in [2.45, 2.75) is 0 Å². The van der Waals surface area contributed by atoms with E-state index >= 15 is 0 Å². The monoisotopic (exact) mass is 6080 g/mol. The molecule has 0 saturated carbocycles. The van der Waals surface area contributed by atoms with Crippen LogP contribution in [0, 0.1) is 1620 Å². The molecule has 0 aliphatic rings. The van der Waals surface area contributed by atoms with Gasteiger partial charge in [0.25, 0.3) is 0 Å². The zero-order valence-electron chi connectivity index (χ0n) is 16.3. The summed E-state index contributed by atoms with van der Waals surface area (Å²) in [5, 5.41) is 0. The quantitative estimate of drug-likeness (QED) is 0.321. The molecule has 40 heavy (non-hydrogen) atoms. The molecule has 0 N–H and O–H groups in total. The van der Waals surface area contributed by atoms with E-state index in [2.05, 4.69) is 0 Å². The van der Waals surface area contributed by atoms with Gasteiger partial charge in [-0.1, -0.05) is 0 Å². The third-order valence-corrected chi connectivity index (χ3v) is 0. The standard InChI is InChI=1S/40Sm. The van der Waals surface area contributed by atoms with Crippen LogP contribution < -0.4 is 0 Å². The molecule has 0 aromatic rings. The normalized spacial score (nSPS) is 0. The molecule has 0 bridgehead atoms. The van der Waals surface area contributed by atoms with Gasteiger partial charge >= 0.3 is 0 Å². The topological polar surface area (TPSA) is 0 Å². The minimum atomic E-state index is 0. The van der Waals surface area contributed by atoms with Crippen molar-refractivity contribution in [3.63, 3.8) is 0 Å². The molecule has 0 aliphatic heterocycles. The Morgan fingerprint density at radius 3 is 0.0250 bits per heavy atom. The SMILES string of the molecule is [Sm].[Sm].[Sm].[Sm].[Sm].[Sm].[Sm].[Sm].[Sm].[Sm].[Sm].[Sm].[Sm].[Sm].[Sm].[Sm].[Sm].[Sm].[Sm].[Sm].[Sm].[Sm].[Sm].[Sm].[Sm].[Sm].[Sm].[Sm].[Sm].[Sm].[Sm].[Sm].[Sm].[Sm].[Sm].[Sm].[Sm].[Sm].[Sm].[Sm]. The van der Waals surface area contributed by atoms with Crippen molar-refractivity contribution in [1.29, 1.82) is 0 Å². The second-order valence-corrected chi connectivity index (χ2v) is 0. The predicted octanol–water partition coefficient (Wildman–Crippen LogP) is 0. The number of hydrogen-bond acceptors (Lipinski definition) is 0. The molecule has 0 aromatic heterocycles. The van der Waals surface area contributed by atoms with Crippen LogP contribution >= 0.6 is 0 Å². The molecule has 0 heterocycles. The minimum Gasteiger partial charge on any atom is 0 e. The Morgan fingerprint density at radius 1 is 0.0250 bits per heavy atom. The van der Waals surface area contributed by atoms with Crippen molar-refractivity contribution in [2.24, 2.45) is 0 Å². The molecule has 0 radical (unpaired) electrons. The third kappa shape index (κ3) is 262. The van der Waals surface area contributed by atoms with Crippen LogP contribution in [-0.4, -0.2) is 0 Å². The molecule has 0 fully saturated rings. The van der Waals surface area contributed by atoms with Gasteiger partial charge in [-0.15, -0.1) is 0 Å². The van der Waals surface area contributed by atoms with Gasteiger partial charge < -0.3 is 0 Å². The van der Waals surface area contributed by atoms with Gasteiger partial charge in [0.2, 0.25) is 0 Å². The first-order valence-electron chi connectivity index (χ1n) is 0. The van der Waals surface area contributed by atoms with Gasteiger partial charge in [-0.3, -0.25) is 0 Å². The van der Waals surface area contributed by atoms with E-state index < -0.39 is 0 Å². The van der Waals surface area contributed by atoms with E-state index in [0.717, 1.165) is 0 Å². The van der Waals surface area contributed by atoms with Crippen molar-refractivity contribution in [2.75, 3.05) is 0 Å². The summed E-state index contributed by atoms with van der Waals surface area (Å²) in [6.07, 6.45) is 0. The Labute approximate surface area is 1550 Å². The molecule has 0 unspecified atom stereocenters. The fourth-order valence-electron chi connectivity index (χ4n) is 0. The summed E-state index contributed by atoms with van der Waals surface area (Å²) in [5.74, 6) is 0. The van der Waals surface area contributed by atoms with E-state index in [1.54, 1.807) is 0 Å². The summed E-state index contributed by atoms with van der Waals surface area (Å²) in [7, 11) is 0. The van der Waals surface area contributed by atoms with Crippen LogP contribution in [0.2, 0.25) is 0 Å². The Morgan fingerprint density at radius 2 is 0.0250 bits per heavy atom. The van der Waals surface area contributed by atoms with Gasteiger partial charge in [-0.05, 0) is 0 Å². The van der Waals surface area contributed by atoms with Crippen LogP contribution in [-0.2, 0) is 0 Å². The van der Waals surface area contributed by atoms with E-state index in [1.807, 2.05) is 0 Å². The molecule has 0 aromatic carbocycles. The Bertz CT molecular complexity index is 0. The Kier molecular flexibility index (Phi) is 1890. The van der Waals surface area contributed by atoms with E-state index in [-0.39, 0.29) is 1620 Å². The van der Waals surface area contributed by atoms with E-state index in [9.17, 15) is 0 Å². The van der Waals surface area contributed by atoms with E-state index in [1.165, 1.54) is 0 Å². The molecule has 40 heteroatoms. The molecular weight excluding hydrogens is 6010 g/mol. The number of hydrogen-bond donors (Lipinski definition) is 0. The summed E-state index contributed by atoms with van der Waals surface area (Å²) in [5.41, 5.74) is 0. The van der Waals surface area contributed by atoms with E-state index in [0.29, 0.717) is 0 Å². The largest absolute Gasteiger partial charge is 0 e. The van der Waals surface area contributed by atoms with Crippen LogP contribution in [0.25, 0.3) is 0 Å². The van der Waals surface area contributed by atoms with Crippen LogP contribution in [0.1, 0.15) is 0 Å². The maximum Gasteiger partial charge on any atom is 0 e. The molecule has 0 nitrogen and oxygen atoms in total. The zero-order chi connectivity index (χ0) is 0. The van der Waals surface area contributed by atoms with Gasteiger partial charge in [0.15, 0.2) is 0 Å². The van der Waals surface area contributed by atoms with E-state index in [4.69, 9.17) is 0 Å². The first-order valence-corrected chi connectivity index (χ1v) is 0. The Balaban J connectivity index is 0. The first-order chi connectivity index (χ1) is 0. The molecule has 0 aliphatic carbocycles. The summed E-state index contributed by atoms with van der Waals surface area (Å²) < 4.78 is 0. The summed E-state index contributed by atoms with van der Waals surface area (Å²) in [4.78, 5) is 0. The average molecular weight is 6010 g/mol. The summed E-state index contributed by atoms with van der Waals surface area (Å²) in [6, 6.07) is 0. The van der Waals surface area contributed by atoms with Crippen molar-refractivity contribution < 1.29 is 1620 Å². The fourth-order valence-corrected chi connectivity index (χ4v) is 0. The van der Waals surface area contributed by atoms with Gasteiger partial charge in [0, 0.05) is 1620 Å². The van der Waals surface area contributed by atoms with Crippen molar-refractivity contribution in [1.82, 2.24) is 0 Å². The minimum absolute atomic E-state index is 0. The fraction of sp³-hybridized carbons (Fsp3) is 0. The van der Waals surface area contributed by atoms with Crippen molar-refractivity contribution in [3.8, 4) is 0 Å². The predicted molar refractivity (Wildman–Crippen MR) is 0 cm³/mol. The summed E-state index contributed by atoms with van der Waals surface area (Å²) in [6.45, 7) is 0. The second kappa shape index (κ2) is 271. The van der Waals surface area contributed by atoms with Gasteiger partial charge in [0.05, 0.1) is 0 Å². The average Bonchev–Trinajstić information content (AvgIpc) is 0. The summed E-state index contributed by atoms with van der Waals surface area (Å²) >= 11 is 0. The van der Waals surface area contributed by atoms with Crippen molar-refractivity contribution in [3.05, 3.63) is 0 Å². The van der Waals surface area contributed by atoms with Crippen LogP contribution in [0.3, 0.4) is 0 Å². The molecule has 0 spiro atoms. The Hall–Kier alpha value is 53.5. The molecular formula is Sm40. The number of rotatable bonds is 0. The molecule has 0 amide bonds. The smallest absolute Gasteiger partial charge is 0 e. The van der Waals surface area contributed by atoms with Crippen LogP contribution in [0.15, 0.2) is 0 Å². The molecule has 0 saturated heterocycles. The second-order valence-electron chi connectivity index (χ2n) is 0. The van der Waals surface area contributed by atoms with Gasteiger partial charge in [-0.25, -0.2) is 0 Å². The zero-order valence-corrected chi connectivity index (χ0v) is 121. The van der Waals surface area contributed by atoms with Crippen LogP contribution in [0.4, 0.5) is 0 Å². The molecule has 0 rings (SSSR count). The maximum absolute atomic E-state index is 0. The van der Waals surface area contributed by atoms with Gasteiger partial charge in [-0.2, -0.15) is 0 Å². The molecule has 0 atom stereocenters. The molecule has 240 valence electrons. The third-order valence-electron chi connectivity index (χ3n) is 0. The maximum atomic E-state index is 0. The van der Waals surface area contributed by atoms with Crippen molar-refractivity contribution >= 4 is 0 Å². The van der Waals surface area contributed by atoms with Crippen LogP contribution in [0.5, 0.6) is 0 Å². The van der Waals surface area contributed by atoms with Gasteiger partial charge in [0.1, 0.15) is 0 Å². The first kappa shape index (κ1) is 279.